The summed E-state index contributed by atoms with van der Waals surface area (Å²) in [6.45, 7) is 13.0. The summed E-state index contributed by atoms with van der Waals surface area (Å²) in [5, 5.41) is 2.45. The SMILES string of the molecule is CC(C)(C)c1nc(-c2cccc(-c3ccccc3)c2-n2c3ccccc3c3ccccc32)nc(C(C)(C)C)n1. The molecule has 0 saturated heterocycles. The Labute approximate surface area is 230 Å². The maximum atomic E-state index is 5.12. The van der Waals surface area contributed by atoms with Crippen LogP contribution in [0.25, 0.3) is 50.0 Å². The standard InChI is InChI=1S/C35H34N4/c1-34(2,3)32-36-31(37-33(38-32)35(4,5)6)27-20-14-19-24(23-15-8-7-9-16-23)30(27)39-28-21-12-10-17-25(28)26-18-11-13-22-29(26)39/h7-22H,1-6H3. The van der Waals surface area contributed by atoms with Gasteiger partial charge in [-0.3, -0.25) is 0 Å². The van der Waals surface area contributed by atoms with Gasteiger partial charge in [0.1, 0.15) is 11.6 Å². The van der Waals surface area contributed by atoms with Crippen molar-refractivity contribution in [1.29, 1.82) is 0 Å². The van der Waals surface area contributed by atoms with Gasteiger partial charge in [-0.2, -0.15) is 0 Å². The molecule has 4 heteroatoms. The molecule has 0 aliphatic heterocycles. The van der Waals surface area contributed by atoms with E-state index >= 15 is 0 Å². The van der Waals surface area contributed by atoms with Gasteiger partial charge in [-0.1, -0.05) is 120 Å². The number of hydrogen-bond donors (Lipinski definition) is 0. The molecule has 39 heavy (non-hydrogen) atoms. The second-order valence-corrected chi connectivity index (χ2v) is 12.2. The van der Waals surface area contributed by atoms with Crippen molar-refractivity contribution in [3.8, 4) is 28.2 Å². The third-order valence-electron chi connectivity index (χ3n) is 7.14. The molecule has 0 radical (unpaired) electrons. The Morgan fingerprint density at radius 1 is 0.487 bits per heavy atom. The average molecular weight is 511 g/mol. The molecule has 2 heterocycles. The Bertz CT molecular complexity index is 1730. The Morgan fingerprint density at radius 3 is 1.51 bits per heavy atom. The number of hydrogen-bond acceptors (Lipinski definition) is 3. The number of rotatable bonds is 3. The van der Waals surface area contributed by atoms with E-state index in [-0.39, 0.29) is 10.8 Å². The number of para-hydroxylation sites is 3. The lowest BCUT2D eigenvalue weighted by Crippen LogP contribution is -2.24. The third kappa shape index (κ3) is 4.40. The van der Waals surface area contributed by atoms with Crippen molar-refractivity contribution in [2.45, 2.75) is 52.4 Å². The van der Waals surface area contributed by atoms with Crippen molar-refractivity contribution >= 4 is 21.8 Å². The van der Waals surface area contributed by atoms with Gasteiger partial charge in [-0.05, 0) is 23.8 Å². The van der Waals surface area contributed by atoms with Gasteiger partial charge in [0.15, 0.2) is 5.82 Å². The van der Waals surface area contributed by atoms with Crippen molar-refractivity contribution in [2.24, 2.45) is 0 Å². The van der Waals surface area contributed by atoms with Gasteiger partial charge in [-0.15, -0.1) is 0 Å². The fourth-order valence-electron chi connectivity index (χ4n) is 5.15. The van der Waals surface area contributed by atoms with Crippen LogP contribution in [0.5, 0.6) is 0 Å². The summed E-state index contributed by atoms with van der Waals surface area (Å²) >= 11 is 0. The molecule has 0 fully saturated rings. The Hall–Kier alpha value is -4.31. The molecule has 6 rings (SSSR count). The van der Waals surface area contributed by atoms with Crippen molar-refractivity contribution in [3.63, 3.8) is 0 Å². The van der Waals surface area contributed by atoms with Crippen LogP contribution in [0.15, 0.2) is 97.1 Å². The summed E-state index contributed by atoms with van der Waals surface area (Å²) in [6.07, 6.45) is 0. The summed E-state index contributed by atoms with van der Waals surface area (Å²) in [6, 6.07) is 34.3. The van der Waals surface area contributed by atoms with E-state index in [0.29, 0.717) is 5.82 Å². The first-order valence-electron chi connectivity index (χ1n) is 13.6. The fourth-order valence-corrected chi connectivity index (χ4v) is 5.15. The molecule has 0 N–H and O–H groups in total. The quantitative estimate of drug-likeness (QED) is 0.239. The molecule has 0 unspecified atom stereocenters. The minimum absolute atomic E-state index is 0.220. The minimum Gasteiger partial charge on any atom is -0.308 e. The van der Waals surface area contributed by atoms with Gasteiger partial charge < -0.3 is 4.57 Å². The van der Waals surface area contributed by atoms with Crippen LogP contribution in [0.3, 0.4) is 0 Å². The Balaban J connectivity index is 1.78. The number of aromatic nitrogens is 4. The molecular formula is C35H34N4. The molecule has 2 aromatic heterocycles. The first kappa shape index (κ1) is 25.0. The average Bonchev–Trinajstić information content (AvgIpc) is 3.26. The fraction of sp³-hybridized carbons (Fsp3) is 0.229. The molecule has 4 nitrogen and oxygen atoms in total. The van der Waals surface area contributed by atoms with Gasteiger partial charge in [0.25, 0.3) is 0 Å². The van der Waals surface area contributed by atoms with Crippen LogP contribution in [0.1, 0.15) is 53.2 Å². The van der Waals surface area contributed by atoms with Crippen LogP contribution in [0.4, 0.5) is 0 Å². The van der Waals surface area contributed by atoms with Crippen LogP contribution in [0, 0.1) is 0 Å². The normalized spacial score (nSPS) is 12.4. The largest absolute Gasteiger partial charge is 0.308 e. The van der Waals surface area contributed by atoms with Crippen LogP contribution in [-0.4, -0.2) is 19.5 Å². The minimum atomic E-state index is -0.220. The predicted octanol–water partition coefficient (Wildman–Crippen LogP) is 8.90. The molecular weight excluding hydrogens is 476 g/mol. The number of nitrogens with zero attached hydrogens (tertiary/aromatic N) is 4. The van der Waals surface area contributed by atoms with Crippen molar-refractivity contribution in [1.82, 2.24) is 19.5 Å². The molecule has 194 valence electrons. The van der Waals surface area contributed by atoms with E-state index in [1.165, 1.54) is 10.8 Å². The predicted molar refractivity (Wildman–Crippen MR) is 162 cm³/mol. The number of benzene rings is 4. The van der Waals surface area contributed by atoms with Gasteiger partial charge >= 0.3 is 0 Å². The Morgan fingerprint density at radius 2 is 0.974 bits per heavy atom. The van der Waals surface area contributed by atoms with Crippen molar-refractivity contribution < 1.29 is 0 Å². The third-order valence-corrected chi connectivity index (χ3v) is 7.14. The highest BCUT2D eigenvalue weighted by Crippen LogP contribution is 2.41. The second kappa shape index (κ2) is 9.16. The maximum Gasteiger partial charge on any atom is 0.165 e. The number of fused-ring (bicyclic) bond motifs is 3. The zero-order valence-corrected chi connectivity index (χ0v) is 23.5. The van der Waals surface area contributed by atoms with E-state index in [9.17, 15) is 0 Å². The zero-order chi connectivity index (χ0) is 27.4. The molecule has 6 aromatic rings. The first-order chi connectivity index (χ1) is 18.6. The molecule has 0 atom stereocenters. The topological polar surface area (TPSA) is 43.6 Å². The Kier molecular flexibility index (Phi) is 5.87. The van der Waals surface area contributed by atoms with E-state index in [4.69, 9.17) is 15.0 Å². The molecule has 4 aromatic carbocycles. The monoisotopic (exact) mass is 510 g/mol. The highest BCUT2D eigenvalue weighted by Gasteiger charge is 2.27. The lowest BCUT2D eigenvalue weighted by Gasteiger charge is -2.24. The van der Waals surface area contributed by atoms with Crippen molar-refractivity contribution in [3.05, 3.63) is 109 Å². The molecule has 0 spiro atoms. The van der Waals surface area contributed by atoms with Gasteiger partial charge in [0.05, 0.1) is 16.7 Å². The molecule has 0 saturated carbocycles. The second-order valence-electron chi connectivity index (χ2n) is 12.2. The zero-order valence-electron chi connectivity index (χ0n) is 23.5. The van der Waals surface area contributed by atoms with E-state index in [1.54, 1.807) is 0 Å². The lowest BCUT2D eigenvalue weighted by molar-refractivity contribution is 0.497. The van der Waals surface area contributed by atoms with Gasteiger partial charge in [0, 0.05) is 32.7 Å². The smallest absolute Gasteiger partial charge is 0.165 e. The molecule has 0 amide bonds. The highest BCUT2D eigenvalue weighted by molar-refractivity contribution is 6.10. The van der Waals surface area contributed by atoms with E-state index in [1.807, 2.05) is 0 Å². The van der Waals surface area contributed by atoms with E-state index in [0.717, 1.165) is 45.1 Å². The molecule has 0 bridgehead atoms. The van der Waals surface area contributed by atoms with Crippen LogP contribution < -0.4 is 0 Å². The van der Waals surface area contributed by atoms with Gasteiger partial charge in [0.2, 0.25) is 0 Å². The summed E-state index contributed by atoms with van der Waals surface area (Å²) in [7, 11) is 0. The van der Waals surface area contributed by atoms with Crippen molar-refractivity contribution in [2.75, 3.05) is 0 Å². The lowest BCUT2D eigenvalue weighted by atomic mass is 9.92. The first-order valence-corrected chi connectivity index (χ1v) is 13.6. The molecule has 0 aliphatic carbocycles. The van der Waals surface area contributed by atoms with Crippen LogP contribution in [-0.2, 0) is 10.8 Å². The van der Waals surface area contributed by atoms with Crippen LogP contribution >= 0.6 is 0 Å². The molecule has 0 aliphatic rings. The van der Waals surface area contributed by atoms with Crippen LogP contribution in [0.2, 0.25) is 0 Å². The highest BCUT2D eigenvalue weighted by atomic mass is 15.1. The van der Waals surface area contributed by atoms with E-state index in [2.05, 4.69) is 143 Å². The summed E-state index contributed by atoms with van der Waals surface area (Å²) < 4.78 is 2.39. The van der Waals surface area contributed by atoms with E-state index < -0.39 is 0 Å². The summed E-state index contributed by atoms with van der Waals surface area (Å²) in [5.74, 6) is 2.31. The van der Waals surface area contributed by atoms with Gasteiger partial charge in [-0.25, -0.2) is 15.0 Å². The maximum absolute atomic E-state index is 5.12. The summed E-state index contributed by atoms with van der Waals surface area (Å²) in [5.41, 5.74) is 6.22. The summed E-state index contributed by atoms with van der Waals surface area (Å²) in [4.78, 5) is 15.2.